The summed E-state index contributed by atoms with van der Waals surface area (Å²) in [5.74, 6) is -0.844. The van der Waals surface area contributed by atoms with Crippen molar-refractivity contribution in [3.63, 3.8) is 0 Å². The Morgan fingerprint density at radius 2 is 2.09 bits per heavy atom. The molecule has 22 heavy (non-hydrogen) atoms. The maximum Gasteiger partial charge on any atom is 0.326 e. The largest absolute Gasteiger partial charge is 0.480 e. The Morgan fingerprint density at radius 3 is 2.77 bits per heavy atom. The zero-order chi connectivity index (χ0) is 15.7. The Bertz CT molecular complexity index is 703. The van der Waals surface area contributed by atoms with Gasteiger partial charge in [0.1, 0.15) is 6.04 Å². The molecule has 5 nitrogen and oxygen atoms in total. The third kappa shape index (κ3) is 2.98. The second-order valence-electron chi connectivity index (χ2n) is 6.09. The van der Waals surface area contributed by atoms with E-state index in [1.54, 1.807) is 0 Å². The monoisotopic (exact) mass is 300 g/mol. The Balaban J connectivity index is 1.74. The van der Waals surface area contributed by atoms with Gasteiger partial charge in [0.15, 0.2) is 0 Å². The molecule has 0 bridgehead atoms. The van der Waals surface area contributed by atoms with Gasteiger partial charge in [0.25, 0.3) is 0 Å². The number of para-hydroxylation sites is 1. The molecule has 0 spiro atoms. The molecule has 116 valence electrons. The quantitative estimate of drug-likeness (QED) is 0.765. The average Bonchev–Trinajstić information content (AvgIpc) is 3.28. The van der Waals surface area contributed by atoms with Gasteiger partial charge < -0.3 is 15.4 Å². The van der Waals surface area contributed by atoms with Gasteiger partial charge >= 0.3 is 5.97 Å². The van der Waals surface area contributed by atoms with E-state index in [0.717, 1.165) is 29.3 Å². The van der Waals surface area contributed by atoms with E-state index in [4.69, 9.17) is 0 Å². The van der Waals surface area contributed by atoms with E-state index in [1.165, 1.54) is 0 Å². The number of rotatable bonds is 6. The van der Waals surface area contributed by atoms with Crippen molar-refractivity contribution in [2.24, 2.45) is 11.8 Å². The highest BCUT2D eigenvalue weighted by atomic mass is 16.4. The van der Waals surface area contributed by atoms with Crippen molar-refractivity contribution in [3.8, 4) is 0 Å². The summed E-state index contributed by atoms with van der Waals surface area (Å²) in [4.78, 5) is 26.8. The molecule has 3 N–H and O–H groups in total. The van der Waals surface area contributed by atoms with Crippen LogP contribution in [0, 0.1) is 11.8 Å². The van der Waals surface area contributed by atoms with Crippen LogP contribution in [0.3, 0.4) is 0 Å². The van der Waals surface area contributed by atoms with Crippen molar-refractivity contribution in [1.29, 1.82) is 0 Å². The minimum atomic E-state index is -0.998. The number of aromatic nitrogens is 1. The molecule has 1 aliphatic rings. The van der Waals surface area contributed by atoms with Crippen LogP contribution >= 0.6 is 0 Å². The number of nitrogens with one attached hydrogen (secondary N) is 2. The Morgan fingerprint density at radius 1 is 1.36 bits per heavy atom. The predicted molar refractivity (Wildman–Crippen MR) is 83.5 cm³/mol. The summed E-state index contributed by atoms with van der Waals surface area (Å²) in [6.07, 6.45) is 4.23. The lowest BCUT2D eigenvalue weighted by atomic mass is 10.0. The van der Waals surface area contributed by atoms with Crippen molar-refractivity contribution in [3.05, 3.63) is 36.0 Å². The number of fused-ring (bicyclic) bond motifs is 1. The molecule has 2 unspecified atom stereocenters. The first-order valence-electron chi connectivity index (χ1n) is 7.64. The van der Waals surface area contributed by atoms with Crippen LogP contribution in [0.2, 0.25) is 0 Å². The van der Waals surface area contributed by atoms with Gasteiger partial charge in [-0.25, -0.2) is 4.79 Å². The number of aromatic amines is 1. The van der Waals surface area contributed by atoms with E-state index >= 15 is 0 Å². The van der Waals surface area contributed by atoms with Crippen LogP contribution in [0.1, 0.15) is 25.3 Å². The first-order valence-corrected chi connectivity index (χ1v) is 7.64. The summed E-state index contributed by atoms with van der Waals surface area (Å²) >= 11 is 0. The lowest BCUT2D eigenvalue weighted by molar-refractivity contribution is -0.142. The maximum atomic E-state index is 12.1. The van der Waals surface area contributed by atoms with E-state index in [0.29, 0.717) is 5.92 Å². The molecule has 2 aromatic rings. The summed E-state index contributed by atoms with van der Waals surface area (Å²) in [5.41, 5.74) is 1.88. The van der Waals surface area contributed by atoms with Gasteiger partial charge in [0.05, 0.1) is 0 Å². The summed E-state index contributed by atoms with van der Waals surface area (Å²) in [7, 11) is 0. The molecule has 0 aliphatic heterocycles. The number of carboxylic acids is 1. The fourth-order valence-electron chi connectivity index (χ4n) is 2.83. The van der Waals surface area contributed by atoms with Gasteiger partial charge in [-0.1, -0.05) is 25.1 Å². The number of benzene rings is 1. The molecule has 1 aliphatic carbocycles. The van der Waals surface area contributed by atoms with Gasteiger partial charge in [-0.15, -0.1) is 0 Å². The summed E-state index contributed by atoms with van der Waals surface area (Å²) < 4.78 is 0. The molecule has 1 heterocycles. The third-order valence-corrected chi connectivity index (χ3v) is 4.46. The van der Waals surface area contributed by atoms with Crippen LogP contribution < -0.4 is 5.32 Å². The molecular weight excluding hydrogens is 280 g/mol. The molecule has 1 aromatic heterocycles. The van der Waals surface area contributed by atoms with Gasteiger partial charge in [0.2, 0.25) is 5.91 Å². The number of H-pyrrole nitrogens is 1. The highest BCUT2D eigenvalue weighted by Gasteiger charge is 2.34. The molecule has 1 amide bonds. The molecule has 1 fully saturated rings. The zero-order valence-corrected chi connectivity index (χ0v) is 12.5. The van der Waals surface area contributed by atoms with Crippen LogP contribution in [0.25, 0.3) is 10.9 Å². The van der Waals surface area contributed by atoms with E-state index in [9.17, 15) is 14.7 Å². The smallest absolute Gasteiger partial charge is 0.326 e. The number of carbonyl (C=O) groups is 2. The maximum absolute atomic E-state index is 12.1. The lowest BCUT2D eigenvalue weighted by Gasteiger charge is -2.17. The average molecular weight is 300 g/mol. The van der Waals surface area contributed by atoms with Gasteiger partial charge in [-0.2, -0.15) is 0 Å². The number of hydrogen-bond donors (Lipinski definition) is 3. The highest BCUT2D eigenvalue weighted by Crippen LogP contribution is 2.36. The van der Waals surface area contributed by atoms with E-state index in [-0.39, 0.29) is 18.2 Å². The van der Waals surface area contributed by atoms with Crippen molar-refractivity contribution in [2.75, 3.05) is 0 Å². The van der Waals surface area contributed by atoms with E-state index < -0.39 is 12.0 Å². The van der Waals surface area contributed by atoms with Crippen LogP contribution in [0.5, 0.6) is 0 Å². The Labute approximate surface area is 128 Å². The molecule has 3 rings (SSSR count). The van der Waals surface area contributed by atoms with Gasteiger partial charge in [0, 0.05) is 29.4 Å². The lowest BCUT2D eigenvalue weighted by Crippen LogP contribution is -2.44. The van der Waals surface area contributed by atoms with Crippen molar-refractivity contribution in [1.82, 2.24) is 10.3 Å². The molecule has 1 aromatic carbocycles. The molecule has 5 heteroatoms. The first-order chi connectivity index (χ1) is 10.6. The van der Waals surface area contributed by atoms with Crippen LogP contribution in [-0.2, 0) is 16.0 Å². The fraction of sp³-hybridized carbons (Fsp3) is 0.412. The zero-order valence-electron chi connectivity index (χ0n) is 12.5. The topological polar surface area (TPSA) is 82.2 Å². The molecule has 0 radical (unpaired) electrons. The normalized spacial score (nSPS) is 17.1. The van der Waals surface area contributed by atoms with Crippen molar-refractivity contribution >= 4 is 22.8 Å². The van der Waals surface area contributed by atoms with Crippen LogP contribution in [-0.4, -0.2) is 28.0 Å². The minimum Gasteiger partial charge on any atom is -0.480 e. The molecule has 2 atom stereocenters. The van der Waals surface area contributed by atoms with E-state index in [2.05, 4.69) is 10.3 Å². The SMILES string of the molecule is CC(C(=O)NC(Cc1c[nH]c2ccccc12)C(=O)O)C1CC1. The fourth-order valence-corrected chi connectivity index (χ4v) is 2.83. The number of hydrogen-bond acceptors (Lipinski definition) is 2. The van der Waals surface area contributed by atoms with Gasteiger partial charge in [-0.05, 0) is 30.4 Å². The highest BCUT2D eigenvalue weighted by molar-refractivity contribution is 5.87. The van der Waals surface area contributed by atoms with E-state index in [1.807, 2.05) is 37.4 Å². The van der Waals surface area contributed by atoms with Gasteiger partial charge in [-0.3, -0.25) is 4.79 Å². The Kier molecular flexibility index (Phi) is 3.88. The molecule has 0 saturated heterocycles. The van der Waals surface area contributed by atoms with Crippen LogP contribution in [0.4, 0.5) is 0 Å². The summed E-state index contributed by atoms with van der Waals surface area (Å²) in [6, 6.07) is 6.85. The minimum absolute atomic E-state index is 0.107. The number of carbonyl (C=O) groups excluding carboxylic acids is 1. The van der Waals surface area contributed by atoms with Crippen molar-refractivity contribution in [2.45, 2.75) is 32.2 Å². The van der Waals surface area contributed by atoms with Crippen molar-refractivity contribution < 1.29 is 14.7 Å². The standard InChI is InChI=1S/C17H20N2O3/c1-10(11-6-7-11)16(20)19-15(17(21)22)8-12-9-18-14-5-3-2-4-13(12)14/h2-5,9-11,15,18H,6-8H2,1H3,(H,19,20)(H,21,22). The second kappa shape index (κ2) is 5.83. The van der Waals surface area contributed by atoms with Crippen LogP contribution in [0.15, 0.2) is 30.5 Å². The number of amides is 1. The summed E-state index contributed by atoms with van der Waals surface area (Å²) in [6.45, 7) is 1.87. The molecule has 1 saturated carbocycles. The summed E-state index contributed by atoms with van der Waals surface area (Å²) in [5, 5.41) is 13.1. The second-order valence-corrected chi connectivity index (χ2v) is 6.09. The molecular formula is C17H20N2O3. The Hall–Kier alpha value is -2.30. The number of aliphatic carboxylic acids is 1. The number of carboxylic acid groups (broad SMARTS) is 1. The predicted octanol–water partition coefficient (Wildman–Crippen LogP) is 2.33. The third-order valence-electron chi connectivity index (χ3n) is 4.46. The first kappa shape index (κ1) is 14.6.